The maximum Gasteiger partial charge on any atom is 0.228 e. The van der Waals surface area contributed by atoms with Gasteiger partial charge in [0.05, 0.1) is 12.1 Å². The van der Waals surface area contributed by atoms with Gasteiger partial charge in [0, 0.05) is 43.8 Å². The molecule has 3 aromatic heterocycles. The average molecular weight is 360 g/mol. The molecule has 1 N–H and O–H groups in total. The number of imidazole rings is 1. The van der Waals surface area contributed by atoms with E-state index in [0.717, 1.165) is 35.9 Å². The van der Waals surface area contributed by atoms with Crippen molar-refractivity contribution in [2.24, 2.45) is 7.05 Å². The van der Waals surface area contributed by atoms with Gasteiger partial charge in [0.1, 0.15) is 12.4 Å². The highest BCUT2D eigenvalue weighted by molar-refractivity contribution is 7.15. The van der Waals surface area contributed by atoms with Crippen LogP contribution in [0.3, 0.4) is 0 Å². The molecule has 3 aromatic rings. The number of carbonyl (C=O) groups is 1. The summed E-state index contributed by atoms with van der Waals surface area (Å²) in [5.41, 5.74) is 0.806. The number of aliphatic hydroxyl groups excluding tert-OH is 1. The number of rotatable bonds is 4. The van der Waals surface area contributed by atoms with E-state index < -0.39 is 0 Å². The van der Waals surface area contributed by atoms with Gasteiger partial charge in [0.15, 0.2) is 10.8 Å². The summed E-state index contributed by atoms with van der Waals surface area (Å²) in [6.45, 7) is 1.27. The standard InChI is InChI=1S/C16H20N6O2S/c1-20-13(10-23)18-19-15(20)11-3-2-4-21(8-11)14(24)7-12-9-22-5-6-25-16(22)17-12/h5-6,9,11,23H,2-4,7-8,10H2,1H3. The third kappa shape index (κ3) is 3.05. The number of hydrogen-bond acceptors (Lipinski definition) is 6. The molecule has 9 heteroatoms. The summed E-state index contributed by atoms with van der Waals surface area (Å²) in [7, 11) is 1.86. The third-order valence-corrected chi connectivity index (χ3v) is 5.53. The molecule has 132 valence electrons. The van der Waals surface area contributed by atoms with Gasteiger partial charge in [-0.15, -0.1) is 21.5 Å². The minimum Gasteiger partial charge on any atom is -0.388 e. The number of aliphatic hydroxyl groups is 1. The lowest BCUT2D eigenvalue weighted by molar-refractivity contribution is -0.131. The number of piperidine rings is 1. The van der Waals surface area contributed by atoms with Crippen LogP contribution >= 0.6 is 11.3 Å². The van der Waals surface area contributed by atoms with Crippen LogP contribution in [0.5, 0.6) is 0 Å². The molecule has 4 rings (SSSR count). The van der Waals surface area contributed by atoms with Gasteiger partial charge in [-0.05, 0) is 12.8 Å². The molecule has 25 heavy (non-hydrogen) atoms. The number of aromatic nitrogens is 5. The van der Waals surface area contributed by atoms with Crippen LogP contribution < -0.4 is 0 Å². The first-order chi connectivity index (χ1) is 12.2. The average Bonchev–Trinajstić information content (AvgIpc) is 3.29. The van der Waals surface area contributed by atoms with E-state index in [4.69, 9.17) is 0 Å². The second-order valence-electron chi connectivity index (χ2n) is 6.37. The maximum atomic E-state index is 12.7. The molecule has 1 aliphatic heterocycles. The number of carbonyl (C=O) groups excluding carboxylic acids is 1. The molecule has 4 heterocycles. The zero-order valence-electron chi connectivity index (χ0n) is 14.0. The fourth-order valence-electron chi connectivity index (χ4n) is 3.41. The molecule has 1 atom stereocenters. The van der Waals surface area contributed by atoms with Gasteiger partial charge < -0.3 is 14.6 Å². The quantitative estimate of drug-likeness (QED) is 0.749. The Kier molecular flexibility index (Phi) is 4.26. The Morgan fingerprint density at radius 3 is 3.08 bits per heavy atom. The monoisotopic (exact) mass is 360 g/mol. The van der Waals surface area contributed by atoms with Crippen molar-refractivity contribution in [1.29, 1.82) is 0 Å². The summed E-state index contributed by atoms with van der Waals surface area (Å²) in [5.74, 6) is 1.64. The Labute approximate surface area is 148 Å². The van der Waals surface area contributed by atoms with E-state index >= 15 is 0 Å². The van der Waals surface area contributed by atoms with Crippen molar-refractivity contribution in [3.05, 3.63) is 35.1 Å². The van der Waals surface area contributed by atoms with Crippen molar-refractivity contribution in [3.63, 3.8) is 0 Å². The van der Waals surface area contributed by atoms with Crippen LogP contribution in [0, 0.1) is 0 Å². The summed E-state index contributed by atoms with van der Waals surface area (Å²) in [5, 5.41) is 19.5. The molecule has 0 aliphatic carbocycles. The fourth-order valence-corrected chi connectivity index (χ4v) is 4.13. The summed E-state index contributed by atoms with van der Waals surface area (Å²) < 4.78 is 3.78. The molecule has 0 radical (unpaired) electrons. The lowest BCUT2D eigenvalue weighted by atomic mass is 9.96. The van der Waals surface area contributed by atoms with Crippen LogP contribution in [0.15, 0.2) is 17.8 Å². The number of hydrogen-bond donors (Lipinski definition) is 1. The van der Waals surface area contributed by atoms with Crippen molar-refractivity contribution in [3.8, 4) is 0 Å². The predicted octanol–water partition coefficient (Wildman–Crippen LogP) is 0.965. The summed E-state index contributed by atoms with van der Waals surface area (Å²) in [6.07, 6.45) is 6.10. The van der Waals surface area contributed by atoms with E-state index in [0.29, 0.717) is 18.8 Å². The number of fused-ring (bicyclic) bond motifs is 1. The van der Waals surface area contributed by atoms with Crippen molar-refractivity contribution in [1.82, 2.24) is 29.0 Å². The Bertz CT molecular complexity index is 869. The van der Waals surface area contributed by atoms with Crippen molar-refractivity contribution >= 4 is 22.2 Å². The molecule has 1 aliphatic rings. The topological polar surface area (TPSA) is 88.5 Å². The van der Waals surface area contributed by atoms with Crippen LogP contribution in [0.2, 0.25) is 0 Å². The minimum atomic E-state index is -0.129. The molecule has 1 fully saturated rings. The zero-order valence-corrected chi connectivity index (χ0v) is 14.8. The lowest BCUT2D eigenvalue weighted by Crippen LogP contribution is -2.40. The van der Waals surface area contributed by atoms with Gasteiger partial charge in [0.2, 0.25) is 5.91 Å². The van der Waals surface area contributed by atoms with Gasteiger partial charge in [0.25, 0.3) is 0 Å². The lowest BCUT2D eigenvalue weighted by Gasteiger charge is -2.32. The van der Waals surface area contributed by atoms with Crippen LogP contribution in [0.25, 0.3) is 4.96 Å². The highest BCUT2D eigenvalue weighted by atomic mass is 32.1. The van der Waals surface area contributed by atoms with Gasteiger partial charge >= 0.3 is 0 Å². The molecule has 1 amide bonds. The maximum absolute atomic E-state index is 12.7. The fraction of sp³-hybridized carbons (Fsp3) is 0.500. The van der Waals surface area contributed by atoms with Crippen LogP contribution in [0.4, 0.5) is 0 Å². The first-order valence-electron chi connectivity index (χ1n) is 8.33. The first-order valence-corrected chi connectivity index (χ1v) is 9.21. The molecule has 1 saturated heterocycles. The summed E-state index contributed by atoms with van der Waals surface area (Å²) in [6, 6.07) is 0. The number of amides is 1. The van der Waals surface area contributed by atoms with Crippen molar-refractivity contribution < 1.29 is 9.90 Å². The summed E-state index contributed by atoms with van der Waals surface area (Å²) in [4.78, 5) is 20.0. The second kappa shape index (κ2) is 6.57. The van der Waals surface area contributed by atoms with Crippen LogP contribution in [-0.2, 0) is 24.9 Å². The molecular formula is C16H20N6O2S. The molecule has 0 spiro atoms. The Hall–Kier alpha value is -2.26. The molecule has 8 nitrogen and oxygen atoms in total. The molecule has 0 saturated carbocycles. The third-order valence-electron chi connectivity index (χ3n) is 4.75. The van der Waals surface area contributed by atoms with E-state index in [2.05, 4.69) is 15.2 Å². The van der Waals surface area contributed by atoms with Gasteiger partial charge in [-0.3, -0.25) is 9.20 Å². The smallest absolute Gasteiger partial charge is 0.228 e. The van der Waals surface area contributed by atoms with Crippen molar-refractivity contribution in [2.75, 3.05) is 13.1 Å². The zero-order chi connectivity index (χ0) is 17.4. The highest BCUT2D eigenvalue weighted by Gasteiger charge is 2.28. The molecular weight excluding hydrogens is 340 g/mol. The van der Waals surface area contributed by atoms with Gasteiger partial charge in [-0.2, -0.15) is 0 Å². The Morgan fingerprint density at radius 2 is 2.32 bits per heavy atom. The normalized spacial score (nSPS) is 18.2. The first kappa shape index (κ1) is 16.2. The second-order valence-corrected chi connectivity index (χ2v) is 7.25. The predicted molar refractivity (Wildman–Crippen MR) is 92.3 cm³/mol. The van der Waals surface area contributed by atoms with Crippen molar-refractivity contribution in [2.45, 2.75) is 31.8 Å². The summed E-state index contributed by atoms with van der Waals surface area (Å²) >= 11 is 1.56. The number of thiazole rings is 1. The van der Waals surface area contributed by atoms with E-state index in [1.54, 1.807) is 11.3 Å². The Balaban J connectivity index is 1.45. The molecule has 0 aromatic carbocycles. The largest absolute Gasteiger partial charge is 0.388 e. The molecule has 0 bridgehead atoms. The Morgan fingerprint density at radius 1 is 1.44 bits per heavy atom. The van der Waals surface area contributed by atoms with E-state index in [1.165, 1.54) is 0 Å². The van der Waals surface area contributed by atoms with Gasteiger partial charge in [-0.1, -0.05) is 0 Å². The van der Waals surface area contributed by atoms with Crippen LogP contribution in [-0.4, -0.2) is 53.2 Å². The van der Waals surface area contributed by atoms with E-state index in [1.807, 2.05) is 38.7 Å². The van der Waals surface area contributed by atoms with E-state index in [9.17, 15) is 9.90 Å². The van der Waals surface area contributed by atoms with Crippen LogP contribution in [0.1, 0.15) is 36.1 Å². The van der Waals surface area contributed by atoms with Gasteiger partial charge in [-0.25, -0.2) is 4.98 Å². The molecule has 1 unspecified atom stereocenters. The number of nitrogens with zero attached hydrogens (tertiary/aromatic N) is 6. The van der Waals surface area contributed by atoms with E-state index in [-0.39, 0.29) is 18.4 Å². The SMILES string of the molecule is Cn1c(CO)nnc1C1CCCN(C(=O)Cc2cn3ccsc3n2)C1. The minimum absolute atomic E-state index is 0.0972. The number of likely N-dealkylation sites (tertiary alicyclic amines) is 1. The highest BCUT2D eigenvalue weighted by Crippen LogP contribution is 2.26.